The number of nitrogens with one attached hydrogen (secondary N) is 1. The van der Waals surface area contributed by atoms with E-state index in [1.165, 1.54) is 0 Å². The highest BCUT2D eigenvalue weighted by molar-refractivity contribution is 6.00. The van der Waals surface area contributed by atoms with Crippen molar-refractivity contribution in [1.29, 1.82) is 0 Å². The van der Waals surface area contributed by atoms with Crippen molar-refractivity contribution in [2.24, 2.45) is 5.10 Å². The Morgan fingerprint density at radius 1 is 1.29 bits per heavy atom. The van der Waals surface area contributed by atoms with E-state index in [0.29, 0.717) is 11.4 Å². The van der Waals surface area contributed by atoms with Crippen molar-refractivity contribution in [2.45, 2.75) is 13.8 Å². The van der Waals surface area contributed by atoms with Crippen LogP contribution < -0.4 is 11.2 Å². The minimum atomic E-state index is -0.504. The summed E-state index contributed by atoms with van der Waals surface area (Å²) in [6.45, 7) is 3.42. The average molecular weight is 326 g/mol. The maximum atomic E-state index is 12.5. The molecule has 0 aliphatic carbocycles. The first-order valence-electron chi connectivity index (χ1n) is 6.98. The van der Waals surface area contributed by atoms with Gasteiger partial charge in [0.25, 0.3) is 5.91 Å². The van der Waals surface area contributed by atoms with Gasteiger partial charge in [0.05, 0.1) is 11.4 Å². The average Bonchev–Trinajstić information content (AvgIpc) is 3.18. The Morgan fingerprint density at radius 3 is 2.71 bits per heavy atom. The highest BCUT2D eigenvalue weighted by Gasteiger charge is 2.22. The van der Waals surface area contributed by atoms with Crippen molar-refractivity contribution in [3.05, 3.63) is 47.3 Å². The molecule has 0 spiro atoms. The summed E-state index contributed by atoms with van der Waals surface area (Å²) in [7, 11) is 0. The summed E-state index contributed by atoms with van der Waals surface area (Å²) in [4.78, 5) is 12.5. The number of rotatable bonds is 4. The van der Waals surface area contributed by atoms with Crippen LogP contribution >= 0.6 is 0 Å². The van der Waals surface area contributed by atoms with E-state index in [-0.39, 0.29) is 17.3 Å². The zero-order valence-electron chi connectivity index (χ0n) is 13.0. The van der Waals surface area contributed by atoms with Crippen LogP contribution in [0.4, 0.5) is 5.82 Å². The second-order valence-electron chi connectivity index (χ2n) is 4.91. The van der Waals surface area contributed by atoms with Gasteiger partial charge in [-0.1, -0.05) is 35.5 Å². The van der Waals surface area contributed by atoms with Crippen molar-refractivity contribution >= 4 is 17.4 Å². The van der Waals surface area contributed by atoms with E-state index >= 15 is 0 Å². The van der Waals surface area contributed by atoms with Crippen molar-refractivity contribution in [3.8, 4) is 5.82 Å². The Morgan fingerprint density at radius 2 is 2.04 bits per heavy atom. The Kier molecular flexibility index (Phi) is 4.01. The number of anilines is 1. The van der Waals surface area contributed by atoms with E-state index in [1.54, 1.807) is 13.8 Å². The number of amides is 1. The summed E-state index contributed by atoms with van der Waals surface area (Å²) >= 11 is 0. The Hall–Kier alpha value is -3.56. The van der Waals surface area contributed by atoms with Gasteiger partial charge in [-0.25, -0.2) is 10.1 Å². The minimum Gasteiger partial charge on any atom is -0.378 e. The van der Waals surface area contributed by atoms with Gasteiger partial charge in [-0.2, -0.15) is 9.78 Å². The van der Waals surface area contributed by atoms with E-state index in [2.05, 4.69) is 35.8 Å². The molecule has 0 unspecified atom stereocenters. The molecular formula is C14H14N8O2. The number of aromatic nitrogens is 5. The van der Waals surface area contributed by atoms with Crippen LogP contribution in [-0.4, -0.2) is 36.9 Å². The van der Waals surface area contributed by atoms with E-state index in [9.17, 15) is 4.79 Å². The zero-order chi connectivity index (χ0) is 17.1. The molecule has 0 aliphatic rings. The summed E-state index contributed by atoms with van der Waals surface area (Å²) in [6.07, 6.45) is 0. The highest BCUT2D eigenvalue weighted by Crippen LogP contribution is 2.15. The molecule has 10 heteroatoms. The van der Waals surface area contributed by atoms with Gasteiger partial charge in [0.2, 0.25) is 11.6 Å². The molecule has 0 saturated carbocycles. The maximum absolute atomic E-state index is 12.5. The van der Waals surface area contributed by atoms with Gasteiger partial charge in [-0.3, -0.25) is 4.79 Å². The normalized spacial score (nSPS) is 11.5. The highest BCUT2D eigenvalue weighted by atomic mass is 16.6. The van der Waals surface area contributed by atoms with E-state index in [0.717, 1.165) is 10.2 Å². The maximum Gasteiger partial charge on any atom is 0.292 e. The third kappa shape index (κ3) is 2.84. The Bertz CT molecular complexity index is 897. The predicted molar refractivity (Wildman–Crippen MR) is 84.5 cm³/mol. The fourth-order valence-corrected chi connectivity index (χ4v) is 2.04. The topological polar surface area (TPSA) is 137 Å². The van der Waals surface area contributed by atoms with Crippen LogP contribution in [0.25, 0.3) is 5.82 Å². The number of aryl methyl sites for hydroxylation is 1. The molecule has 0 aliphatic heterocycles. The Balaban J connectivity index is 1.86. The van der Waals surface area contributed by atoms with Gasteiger partial charge in [0.1, 0.15) is 0 Å². The van der Waals surface area contributed by atoms with Crippen LogP contribution in [0.5, 0.6) is 0 Å². The number of nitrogens with two attached hydrogens (primary N) is 1. The molecule has 3 N–H and O–H groups in total. The van der Waals surface area contributed by atoms with Crippen molar-refractivity contribution in [1.82, 2.24) is 30.7 Å². The van der Waals surface area contributed by atoms with Gasteiger partial charge in [0, 0.05) is 0 Å². The molecular weight excluding hydrogens is 312 g/mol. The van der Waals surface area contributed by atoms with E-state index in [4.69, 9.17) is 5.73 Å². The largest absolute Gasteiger partial charge is 0.378 e. The zero-order valence-corrected chi connectivity index (χ0v) is 13.0. The predicted octanol–water partition coefficient (Wildman–Crippen LogP) is 0.695. The lowest BCUT2D eigenvalue weighted by Gasteiger charge is -2.04. The first kappa shape index (κ1) is 15.3. The summed E-state index contributed by atoms with van der Waals surface area (Å²) in [5.41, 5.74) is 10.2. The number of benzene rings is 1. The van der Waals surface area contributed by atoms with Gasteiger partial charge in [-0.15, -0.1) is 5.10 Å². The number of hydrogen-bond donors (Lipinski definition) is 2. The van der Waals surface area contributed by atoms with Gasteiger partial charge in [0.15, 0.2) is 5.69 Å². The molecule has 1 amide bonds. The number of carbonyl (C=O) groups is 1. The number of hydrazone groups is 1. The van der Waals surface area contributed by atoms with Crippen LogP contribution in [0.1, 0.15) is 28.7 Å². The lowest BCUT2D eigenvalue weighted by atomic mass is 10.1. The molecule has 1 aromatic carbocycles. The minimum absolute atomic E-state index is 0.00193. The van der Waals surface area contributed by atoms with Gasteiger partial charge in [-0.05, 0) is 29.7 Å². The third-order valence-corrected chi connectivity index (χ3v) is 3.27. The summed E-state index contributed by atoms with van der Waals surface area (Å²) in [5.74, 6) is -0.419. The molecule has 122 valence electrons. The number of hydrogen-bond acceptors (Lipinski definition) is 8. The van der Waals surface area contributed by atoms with Crippen molar-refractivity contribution in [3.63, 3.8) is 0 Å². The monoisotopic (exact) mass is 326 g/mol. The molecule has 0 saturated heterocycles. The fraction of sp³-hybridized carbons (Fsp3) is 0.143. The third-order valence-electron chi connectivity index (χ3n) is 3.27. The molecule has 24 heavy (non-hydrogen) atoms. The standard InChI is InChI=1S/C14H14N8O2/c1-8(10-6-4-3-5-7-10)16-18-14(23)11-9(2)17-21-22(11)13-12(15)19-24-20-13/h3-7H,1-2H3,(H2,15,19)(H,18,23)/b16-8+. The molecule has 10 nitrogen and oxygen atoms in total. The quantitative estimate of drug-likeness (QED) is 0.531. The van der Waals surface area contributed by atoms with Crippen LogP contribution in [0.15, 0.2) is 40.1 Å². The van der Waals surface area contributed by atoms with E-state index in [1.807, 2.05) is 30.3 Å². The summed E-state index contributed by atoms with van der Waals surface area (Å²) < 4.78 is 5.68. The second kappa shape index (κ2) is 6.28. The van der Waals surface area contributed by atoms with Gasteiger partial charge >= 0.3 is 0 Å². The van der Waals surface area contributed by atoms with Crippen molar-refractivity contribution < 1.29 is 9.42 Å². The smallest absolute Gasteiger partial charge is 0.292 e. The molecule has 0 atom stereocenters. The summed E-state index contributed by atoms with van der Waals surface area (Å²) in [5, 5.41) is 18.9. The van der Waals surface area contributed by atoms with Gasteiger partial charge < -0.3 is 5.73 Å². The molecule has 0 fully saturated rings. The number of nitrogens with zero attached hydrogens (tertiary/aromatic N) is 6. The van der Waals surface area contributed by atoms with E-state index < -0.39 is 5.91 Å². The molecule has 0 radical (unpaired) electrons. The molecule has 2 heterocycles. The molecule has 0 bridgehead atoms. The van der Waals surface area contributed by atoms with Crippen LogP contribution in [0, 0.1) is 6.92 Å². The van der Waals surface area contributed by atoms with Crippen LogP contribution in [0.3, 0.4) is 0 Å². The fourth-order valence-electron chi connectivity index (χ4n) is 2.04. The SMILES string of the molecule is C/C(=N\NC(=O)c1c(C)nnn1-c1nonc1N)c1ccccc1. The molecule has 3 rings (SSSR count). The number of nitrogen functional groups attached to an aromatic ring is 1. The van der Waals surface area contributed by atoms with Crippen LogP contribution in [-0.2, 0) is 0 Å². The first-order valence-corrected chi connectivity index (χ1v) is 6.98. The lowest BCUT2D eigenvalue weighted by molar-refractivity contribution is 0.0946. The second-order valence-corrected chi connectivity index (χ2v) is 4.91. The van der Waals surface area contributed by atoms with Crippen LogP contribution in [0.2, 0.25) is 0 Å². The molecule has 3 aromatic rings. The molecule has 2 aromatic heterocycles. The summed E-state index contributed by atoms with van der Waals surface area (Å²) in [6, 6.07) is 9.46. The Labute approximate surface area is 136 Å². The first-order chi connectivity index (χ1) is 11.6. The number of carbonyl (C=O) groups excluding carboxylic acids is 1. The van der Waals surface area contributed by atoms with Crippen molar-refractivity contribution in [2.75, 3.05) is 5.73 Å². The lowest BCUT2D eigenvalue weighted by Crippen LogP contribution is -2.23.